The molecule has 2 aromatic carbocycles. The van der Waals surface area contributed by atoms with Crippen LogP contribution in [-0.2, 0) is 13.1 Å². The number of aliphatic imine (C=N–C) groups is 1. The van der Waals surface area contributed by atoms with Crippen LogP contribution in [0.1, 0.15) is 17.5 Å². The van der Waals surface area contributed by atoms with E-state index in [0.717, 1.165) is 18.5 Å². The summed E-state index contributed by atoms with van der Waals surface area (Å²) < 4.78 is 30.0. The number of hydrogen-bond acceptors (Lipinski definition) is 3. The molecule has 32 heavy (non-hydrogen) atoms. The predicted octanol–water partition coefficient (Wildman–Crippen LogP) is 3.77. The second-order valence-corrected chi connectivity index (χ2v) is 7.60. The van der Waals surface area contributed by atoms with Crippen molar-refractivity contribution in [1.82, 2.24) is 20.4 Å². The van der Waals surface area contributed by atoms with Crippen LogP contribution in [0.2, 0.25) is 0 Å². The number of halogens is 3. The molecule has 0 spiro atoms. The molecule has 1 aromatic heterocycles. The van der Waals surface area contributed by atoms with E-state index in [9.17, 15) is 8.78 Å². The van der Waals surface area contributed by atoms with Gasteiger partial charge in [-0.15, -0.1) is 24.0 Å². The van der Waals surface area contributed by atoms with Crippen molar-refractivity contribution in [3.05, 3.63) is 83.7 Å². The molecule has 2 heterocycles. The quantitative estimate of drug-likeness (QED) is 0.278. The number of nitrogens with zero attached hydrogens (tertiary/aromatic N) is 4. The van der Waals surface area contributed by atoms with Gasteiger partial charge in [-0.3, -0.25) is 9.67 Å². The topological polar surface area (TPSA) is 57.5 Å². The first kappa shape index (κ1) is 24.0. The Bertz CT molecular complexity index is 1020. The van der Waals surface area contributed by atoms with Crippen molar-refractivity contribution in [1.29, 1.82) is 0 Å². The van der Waals surface area contributed by atoms with E-state index in [1.807, 2.05) is 35.3 Å². The first-order valence-corrected chi connectivity index (χ1v) is 10.3. The van der Waals surface area contributed by atoms with Gasteiger partial charge >= 0.3 is 0 Å². The molecule has 2 N–H and O–H groups in total. The van der Waals surface area contributed by atoms with Crippen molar-refractivity contribution in [2.75, 3.05) is 25.0 Å². The third-order valence-electron chi connectivity index (χ3n) is 5.34. The van der Waals surface area contributed by atoms with Gasteiger partial charge in [-0.1, -0.05) is 36.4 Å². The van der Waals surface area contributed by atoms with Gasteiger partial charge in [-0.2, -0.15) is 5.10 Å². The average Bonchev–Trinajstić information content (AvgIpc) is 3.41. The van der Waals surface area contributed by atoms with Gasteiger partial charge in [0.05, 0.1) is 12.7 Å². The minimum absolute atomic E-state index is 0. The van der Waals surface area contributed by atoms with Crippen LogP contribution in [0.3, 0.4) is 0 Å². The fourth-order valence-electron chi connectivity index (χ4n) is 3.80. The van der Waals surface area contributed by atoms with E-state index in [0.29, 0.717) is 25.6 Å². The van der Waals surface area contributed by atoms with Crippen LogP contribution in [0.15, 0.2) is 65.9 Å². The lowest BCUT2D eigenvalue weighted by molar-refractivity contribution is 0.576. The van der Waals surface area contributed by atoms with Gasteiger partial charge in [0, 0.05) is 44.5 Å². The second-order valence-electron chi connectivity index (χ2n) is 7.60. The monoisotopic (exact) mass is 552 g/mol. The third kappa shape index (κ3) is 5.96. The maximum atomic E-state index is 14.1. The van der Waals surface area contributed by atoms with Crippen molar-refractivity contribution in [3.8, 4) is 0 Å². The first-order chi connectivity index (χ1) is 15.1. The molecule has 1 aliphatic heterocycles. The highest BCUT2D eigenvalue weighted by molar-refractivity contribution is 14.0. The molecular formula is C23H27F2IN6. The number of rotatable bonds is 6. The van der Waals surface area contributed by atoms with Crippen LogP contribution < -0.4 is 15.5 Å². The van der Waals surface area contributed by atoms with Gasteiger partial charge in [0.2, 0.25) is 0 Å². The number of anilines is 1. The molecule has 1 atom stereocenters. The number of para-hydroxylation sites is 1. The fourth-order valence-corrected chi connectivity index (χ4v) is 3.80. The Morgan fingerprint density at radius 3 is 2.56 bits per heavy atom. The van der Waals surface area contributed by atoms with Crippen molar-refractivity contribution < 1.29 is 8.78 Å². The van der Waals surface area contributed by atoms with Crippen LogP contribution in [-0.4, -0.2) is 41.9 Å². The first-order valence-electron chi connectivity index (χ1n) is 10.3. The van der Waals surface area contributed by atoms with E-state index in [2.05, 4.69) is 32.9 Å². The number of aromatic nitrogens is 2. The van der Waals surface area contributed by atoms with Gasteiger partial charge in [-0.25, -0.2) is 8.78 Å². The zero-order valence-electron chi connectivity index (χ0n) is 17.8. The van der Waals surface area contributed by atoms with E-state index in [4.69, 9.17) is 0 Å². The summed E-state index contributed by atoms with van der Waals surface area (Å²) in [7, 11) is 1.71. The number of hydrogen-bond donors (Lipinski definition) is 2. The Morgan fingerprint density at radius 1 is 1.09 bits per heavy atom. The summed E-state index contributed by atoms with van der Waals surface area (Å²) in [6.45, 7) is 2.39. The van der Waals surface area contributed by atoms with E-state index >= 15 is 0 Å². The molecule has 0 amide bonds. The molecule has 4 rings (SSSR count). The average molecular weight is 552 g/mol. The van der Waals surface area contributed by atoms with Crippen LogP contribution in [0.25, 0.3) is 0 Å². The lowest BCUT2D eigenvalue weighted by atomic mass is 10.2. The van der Waals surface area contributed by atoms with Crippen LogP contribution >= 0.6 is 24.0 Å². The van der Waals surface area contributed by atoms with Gasteiger partial charge in [0.25, 0.3) is 0 Å². The summed E-state index contributed by atoms with van der Waals surface area (Å²) in [6, 6.07) is 14.2. The van der Waals surface area contributed by atoms with Crippen molar-refractivity contribution in [2.24, 2.45) is 4.99 Å². The highest BCUT2D eigenvalue weighted by Crippen LogP contribution is 2.26. The maximum Gasteiger partial charge on any atom is 0.191 e. The highest BCUT2D eigenvalue weighted by Gasteiger charge is 2.27. The van der Waals surface area contributed by atoms with Crippen LogP contribution in [0, 0.1) is 11.6 Å². The number of guanidine groups is 1. The molecule has 1 fully saturated rings. The van der Waals surface area contributed by atoms with E-state index in [1.54, 1.807) is 11.9 Å². The Morgan fingerprint density at radius 2 is 1.84 bits per heavy atom. The molecule has 6 nitrogen and oxygen atoms in total. The predicted molar refractivity (Wildman–Crippen MR) is 133 cm³/mol. The smallest absolute Gasteiger partial charge is 0.191 e. The Kier molecular flexibility index (Phi) is 8.43. The molecule has 0 radical (unpaired) electrons. The zero-order chi connectivity index (χ0) is 21.6. The molecule has 1 aliphatic rings. The Hall–Kier alpha value is -2.69. The summed E-state index contributed by atoms with van der Waals surface area (Å²) in [5.74, 6) is -0.414. The normalized spacial score (nSPS) is 16.0. The molecule has 0 bridgehead atoms. The van der Waals surface area contributed by atoms with Gasteiger partial charge in [-0.05, 0) is 24.1 Å². The molecule has 1 saturated heterocycles. The Labute approximate surface area is 203 Å². The van der Waals surface area contributed by atoms with E-state index in [1.165, 1.54) is 23.8 Å². The van der Waals surface area contributed by atoms with Crippen LogP contribution in [0.4, 0.5) is 14.5 Å². The van der Waals surface area contributed by atoms with Crippen molar-refractivity contribution >= 4 is 35.6 Å². The van der Waals surface area contributed by atoms with Gasteiger partial charge < -0.3 is 15.5 Å². The summed E-state index contributed by atoms with van der Waals surface area (Å²) >= 11 is 0. The summed E-state index contributed by atoms with van der Waals surface area (Å²) in [5.41, 5.74) is 2.28. The van der Waals surface area contributed by atoms with E-state index in [-0.39, 0.29) is 35.7 Å². The summed E-state index contributed by atoms with van der Waals surface area (Å²) in [4.78, 5) is 6.01. The maximum absolute atomic E-state index is 14.1. The lowest BCUT2D eigenvalue weighted by Crippen LogP contribution is -2.44. The summed E-state index contributed by atoms with van der Waals surface area (Å²) in [5, 5.41) is 11.0. The van der Waals surface area contributed by atoms with Gasteiger partial charge in [0.15, 0.2) is 5.96 Å². The Balaban J connectivity index is 0.00000289. The minimum Gasteiger partial charge on any atom is -0.365 e. The lowest BCUT2D eigenvalue weighted by Gasteiger charge is -2.21. The van der Waals surface area contributed by atoms with Crippen molar-refractivity contribution in [3.63, 3.8) is 0 Å². The van der Waals surface area contributed by atoms with Crippen LogP contribution in [0.5, 0.6) is 0 Å². The van der Waals surface area contributed by atoms with Crippen molar-refractivity contribution in [2.45, 2.75) is 25.6 Å². The largest absolute Gasteiger partial charge is 0.365 e. The molecule has 170 valence electrons. The zero-order valence-corrected chi connectivity index (χ0v) is 20.2. The minimum atomic E-state index is -0.532. The highest BCUT2D eigenvalue weighted by atomic mass is 127. The molecule has 0 aliphatic carbocycles. The molecule has 1 unspecified atom stereocenters. The molecule has 3 aromatic rings. The number of benzene rings is 2. The van der Waals surface area contributed by atoms with E-state index < -0.39 is 11.6 Å². The molecule has 9 heteroatoms. The number of nitrogens with one attached hydrogen (secondary N) is 2. The second kappa shape index (κ2) is 11.3. The molecular weight excluding hydrogens is 525 g/mol. The van der Waals surface area contributed by atoms with Gasteiger partial charge in [0.1, 0.15) is 17.3 Å². The SMILES string of the molecule is CN=C(NCc1cnn(Cc2ccccc2)c1)NC1CCN(c2c(F)cccc2F)C1.I. The molecule has 0 saturated carbocycles. The summed E-state index contributed by atoms with van der Waals surface area (Å²) in [6.07, 6.45) is 4.61. The fraction of sp³-hybridized carbons (Fsp3) is 0.304. The standard InChI is InChI=1S/C23H26F2N6.HI/c1-26-23(27-12-18-13-28-31(15-18)14-17-6-3-2-4-7-17)29-19-10-11-30(16-19)22-20(24)8-5-9-21(22)25;/h2-9,13,15,19H,10-12,14,16H2,1H3,(H2,26,27,29);1H. The third-order valence-corrected chi connectivity index (χ3v) is 5.34.